The van der Waals surface area contributed by atoms with Gasteiger partial charge in [-0.3, -0.25) is 9.59 Å². The molecule has 176 valence electrons. The van der Waals surface area contributed by atoms with E-state index in [1.807, 2.05) is 12.1 Å². The molecule has 1 aliphatic heterocycles. The average Bonchev–Trinajstić information content (AvgIpc) is 3.31. The van der Waals surface area contributed by atoms with Gasteiger partial charge < -0.3 is 4.90 Å². The summed E-state index contributed by atoms with van der Waals surface area (Å²) >= 11 is 1.39. The van der Waals surface area contributed by atoms with Crippen LogP contribution in [0, 0.1) is 5.82 Å². The van der Waals surface area contributed by atoms with Crippen molar-refractivity contribution in [1.29, 1.82) is 0 Å². The first-order valence-electron chi connectivity index (χ1n) is 10.7. The molecule has 1 saturated heterocycles. The number of hydrogen-bond acceptors (Lipinski definition) is 5. The minimum absolute atomic E-state index is 0.125. The van der Waals surface area contributed by atoms with Crippen LogP contribution in [0.2, 0.25) is 0 Å². The highest BCUT2D eigenvalue weighted by Crippen LogP contribution is 2.30. The number of Topliss-reactive ketones (excluding diaryl/α,β-unsaturated/α-hetero) is 1. The zero-order valence-electron chi connectivity index (χ0n) is 18.5. The van der Waals surface area contributed by atoms with Crippen molar-refractivity contribution in [2.45, 2.75) is 11.8 Å². The van der Waals surface area contributed by atoms with E-state index in [1.54, 1.807) is 29.2 Å². The first-order chi connectivity index (χ1) is 16.3. The monoisotopic (exact) mass is 498 g/mol. The highest BCUT2D eigenvalue weighted by atomic mass is 32.2. The van der Waals surface area contributed by atoms with Gasteiger partial charge in [0.15, 0.2) is 5.78 Å². The summed E-state index contributed by atoms with van der Waals surface area (Å²) in [6, 6.07) is 16.1. The van der Waals surface area contributed by atoms with E-state index in [1.165, 1.54) is 59.0 Å². The summed E-state index contributed by atoms with van der Waals surface area (Å²) in [6.45, 7) is 2.35. The molecule has 0 aliphatic carbocycles. The van der Waals surface area contributed by atoms with Crippen LogP contribution in [0.1, 0.15) is 22.2 Å². The van der Waals surface area contributed by atoms with Crippen molar-refractivity contribution in [3.63, 3.8) is 0 Å². The Morgan fingerprint density at radius 3 is 2.26 bits per heavy atom. The maximum atomic E-state index is 14.0. The summed E-state index contributed by atoms with van der Waals surface area (Å²) in [5.74, 6) is -0.627. The lowest BCUT2D eigenvalue weighted by molar-refractivity contribution is -0.127. The Bertz CT molecular complexity index is 1340. The van der Waals surface area contributed by atoms with Gasteiger partial charge in [0, 0.05) is 53.1 Å². The first kappa shape index (κ1) is 24.0. The normalized spacial score (nSPS) is 15.1. The predicted octanol–water partition coefficient (Wildman–Crippen LogP) is 4.30. The zero-order valence-corrected chi connectivity index (χ0v) is 20.1. The van der Waals surface area contributed by atoms with Crippen LogP contribution in [0.4, 0.5) is 4.39 Å². The lowest BCUT2D eigenvalue weighted by atomic mass is 10.2. The third-order valence-electron chi connectivity index (χ3n) is 5.61. The molecule has 3 aromatic rings. The van der Waals surface area contributed by atoms with Gasteiger partial charge in [0.25, 0.3) is 0 Å². The van der Waals surface area contributed by atoms with Gasteiger partial charge in [-0.25, -0.2) is 12.8 Å². The van der Waals surface area contributed by atoms with Gasteiger partial charge in [-0.05, 0) is 43.3 Å². The summed E-state index contributed by atoms with van der Waals surface area (Å²) in [5, 5.41) is 0. The van der Waals surface area contributed by atoms with Gasteiger partial charge in [-0.2, -0.15) is 4.31 Å². The molecular formula is C25H23FN2O4S2. The SMILES string of the molecule is CC(=O)c1ccc(S(=O)(=O)N2CCN(C(=O)/C=C/c3ccc(-c4ccccc4F)s3)CC2)cc1. The molecule has 4 rings (SSSR count). The lowest BCUT2D eigenvalue weighted by Crippen LogP contribution is -2.50. The van der Waals surface area contributed by atoms with Gasteiger partial charge in [-0.15, -0.1) is 11.3 Å². The zero-order chi connectivity index (χ0) is 24.3. The summed E-state index contributed by atoms with van der Waals surface area (Å²) in [4.78, 5) is 27.4. The molecule has 0 radical (unpaired) electrons. The molecule has 34 heavy (non-hydrogen) atoms. The molecule has 0 atom stereocenters. The third kappa shape index (κ3) is 5.16. The second kappa shape index (κ2) is 10.0. The molecule has 0 spiro atoms. The van der Waals surface area contributed by atoms with Crippen molar-refractivity contribution in [3.8, 4) is 10.4 Å². The molecule has 2 aromatic carbocycles. The van der Waals surface area contributed by atoms with Gasteiger partial charge in [0.2, 0.25) is 15.9 Å². The van der Waals surface area contributed by atoms with Gasteiger partial charge in [0.1, 0.15) is 5.82 Å². The minimum Gasteiger partial charge on any atom is -0.337 e. The molecule has 1 amide bonds. The maximum absolute atomic E-state index is 14.0. The average molecular weight is 499 g/mol. The highest BCUT2D eigenvalue weighted by molar-refractivity contribution is 7.89. The van der Waals surface area contributed by atoms with E-state index >= 15 is 0 Å². The fourth-order valence-corrected chi connectivity index (χ4v) is 6.03. The van der Waals surface area contributed by atoms with Gasteiger partial charge in [-0.1, -0.05) is 30.3 Å². The molecule has 1 aromatic heterocycles. The van der Waals surface area contributed by atoms with Crippen molar-refractivity contribution in [2.75, 3.05) is 26.2 Å². The quantitative estimate of drug-likeness (QED) is 0.375. The van der Waals surface area contributed by atoms with E-state index in [2.05, 4.69) is 0 Å². The number of halogens is 1. The molecule has 0 bridgehead atoms. The van der Waals surface area contributed by atoms with Crippen molar-refractivity contribution in [3.05, 3.63) is 83.0 Å². The Labute approximate surface area is 202 Å². The fourth-order valence-electron chi connectivity index (χ4n) is 3.67. The van der Waals surface area contributed by atoms with E-state index in [4.69, 9.17) is 0 Å². The Morgan fingerprint density at radius 1 is 0.941 bits per heavy atom. The van der Waals surface area contributed by atoms with Crippen molar-refractivity contribution < 1.29 is 22.4 Å². The van der Waals surface area contributed by atoms with E-state index in [0.717, 1.165) is 9.75 Å². The van der Waals surface area contributed by atoms with Crippen LogP contribution < -0.4 is 0 Å². The summed E-state index contributed by atoms with van der Waals surface area (Å²) < 4.78 is 41.1. The number of benzene rings is 2. The standard InChI is InChI=1S/C25H23FN2O4S2/c1-18(29)19-6-10-21(11-7-19)34(31,32)28-16-14-27(15-17-28)25(30)13-9-20-8-12-24(33-20)22-4-2-3-5-23(22)26/h2-13H,14-17H2,1H3/b13-9+. The highest BCUT2D eigenvalue weighted by Gasteiger charge is 2.29. The first-order valence-corrected chi connectivity index (χ1v) is 12.9. The smallest absolute Gasteiger partial charge is 0.246 e. The Kier molecular flexibility index (Phi) is 7.06. The van der Waals surface area contributed by atoms with E-state index < -0.39 is 10.0 Å². The van der Waals surface area contributed by atoms with Crippen molar-refractivity contribution in [1.82, 2.24) is 9.21 Å². The van der Waals surface area contributed by atoms with Crippen LogP contribution >= 0.6 is 11.3 Å². The fraction of sp³-hybridized carbons (Fsp3) is 0.200. The Balaban J connectivity index is 1.36. The Morgan fingerprint density at radius 2 is 1.62 bits per heavy atom. The largest absolute Gasteiger partial charge is 0.337 e. The van der Waals surface area contributed by atoms with Crippen molar-refractivity contribution >= 4 is 39.1 Å². The number of sulfonamides is 1. The summed E-state index contributed by atoms with van der Waals surface area (Å²) in [5.41, 5.74) is 0.972. The molecule has 9 heteroatoms. The number of ketones is 1. The number of thiophene rings is 1. The second-order valence-electron chi connectivity index (χ2n) is 7.83. The van der Waals surface area contributed by atoms with Crippen LogP contribution in [0.25, 0.3) is 16.5 Å². The number of hydrogen-bond donors (Lipinski definition) is 0. The van der Waals surface area contributed by atoms with Gasteiger partial charge >= 0.3 is 0 Å². The van der Waals surface area contributed by atoms with Crippen LogP contribution in [0.5, 0.6) is 0 Å². The lowest BCUT2D eigenvalue weighted by Gasteiger charge is -2.33. The van der Waals surface area contributed by atoms with E-state index in [0.29, 0.717) is 11.1 Å². The molecule has 2 heterocycles. The van der Waals surface area contributed by atoms with Crippen LogP contribution in [0.3, 0.4) is 0 Å². The second-order valence-corrected chi connectivity index (χ2v) is 10.9. The molecule has 0 N–H and O–H groups in total. The molecule has 1 fully saturated rings. The predicted molar refractivity (Wildman–Crippen MR) is 131 cm³/mol. The van der Waals surface area contributed by atoms with Crippen LogP contribution in [0.15, 0.2) is 71.6 Å². The minimum atomic E-state index is -3.70. The van der Waals surface area contributed by atoms with Crippen LogP contribution in [-0.2, 0) is 14.8 Å². The van der Waals surface area contributed by atoms with Crippen molar-refractivity contribution in [2.24, 2.45) is 0 Å². The Hall–Kier alpha value is -3.14. The number of carbonyl (C=O) groups excluding carboxylic acids is 2. The number of amides is 1. The number of nitrogens with zero attached hydrogens (tertiary/aromatic N) is 2. The van der Waals surface area contributed by atoms with Crippen LogP contribution in [-0.4, -0.2) is 55.5 Å². The molecular weight excluding hydrogens is 475 g/mol. The molecule has 0 unspecified atom stereocenters. The summed E-state index contributed by atoms with van der Waals surface area (Å²) in [6.07, 6.45) is 3.15. The molecule has 6 nitrogen and oxygen atoms in total. The molecule has 0 saturated carbocycles. The number of piperazine rings is 1. The van der Waals surface area contributed by atoms with E-state index in [-0.39, 0.29) is 48.6 Å². The van der Waals surface area contributed by atoms with E-state index in [9.17, 15) is 22.4 Å². The summed E-state index contributed by atoms with van der Waals surface area (Å²) in [7, 11) is -3.70. The third-order valence-corrected chi connectivity index (χ3v) is 8.60. The number of carbonyl (C=O) groups is 2. The topological polar surface area (TPSA) is 74.8 Å². The van der Waals surface area contributed by atoms with Gasteiger partial charge in [0.05, 0.1) is 4.90 Å². The molecule has 1 aliphatic rings. The number of rotatable bonds is 6. The maximum Gasteiger partial charge on any atom is 0.246 e.